The maximum atomic E-state index is 10.7. The lowest BCUT2D eigenvalue weighted by molar-refractivity contribution is -0.718. The average Bonchev–Trinajstić information content (AvgIpc) is 2.64. The van der Waals surface area contributed by atoms with Crippen LogP contribution in [-0.2, 0) is 20.5 Å². The maximum absolute atomic E-state index is 10.7. The van der Waals surface area contributed by atoms with Crippen LogP contribution in [0.25, 0.3) is 0 Å². The summed E-state index contributed by atoms with van der Waals surface area (Å²) in [5.41, 5.74) is 0. The van der Waals surface area contributed by atoms with Gasteiger partial charge in [-0.3, -0.25) is 14.1 Å². The van der Waals surface area contributed by atoms with Gasteiger partial charge in [0.1, 0.15) is 24.2 Å². The van der Waals surface area contributed by atoms with Crippen molar-refractivity contribution in [3.05, 3.63) is 18.7 Å². The first-order chi connectivity index (χ1) is 8.53. The number of nitrogens with zero attached hydrogens (tertiary/aromatic N) is 1. The molecule has 0 aromatic carbocycles. The van der Waals surface area contributed by atoms with E-state index in [4.69, 9.17) is 22.1 Å². The van der Waals surface area contributed by atoms with Gasteiger partial charge in [-0.25, -0.2) is 13.0 Å². The molecule has 1 unspecified atom stereocenters. The molecule has 0 fully saturated rings. The van der Waals surface area contributed by atoms with Crippen molar-refractivity contribution in [3.8, 4) is 0 Å². The third-order valence-corrected chi connectivity index (χ3v) is 2.82. The van der Waals surface area contributed by atoms with E-state index in [1.54, 1.807) is 23.3 Å². The average molecular weight is 316 g/mol. The SMILES string of the molecule is CCCC(CS(=O)(=O)O)[n+]1cc[nH]c1.O=S(=O)([O-])O. The van der Waals surface area contributed by atoms with Crippen LogP contribution in [0, 0.1) is 0 Å². The van der Waals surface area contributed by atoms with Gasteiger partial charge in [-0.15, -0.1) is 0 Å². The van der Waals surface area contributed by atoms with E-state index >= 15 is 0 Å². The molecular formula is C8H16N2O7S2. The first-order valence-electron chi connectivity index (χ1n) is 5.20. The van der Waals surface area contributed by atoms with E-state index in [2.05, 4.69) is 4.98 Å². The van der Waals surface area contributed by atoms with E-state index in [1.807, 2.05) is 6.92 Å². The third kappa shape index (κ3) is 11.8. The van der Waals surface area contributed by atoms with Gasteiger partial charge in [0.15, 0.2) is 0 Å². The molecule has 19 heavy (non-hydrogen) atoms. The number of aromatic nitrogens is 2. The predicted octanol–water partition coefficient (Wildman–Crippen LogP) is -0.464. The van der Waals surface area contributed by atoms with E-state index < -0.39 is 20.5 Å². The van der Waals surface area contributed by atoms with E-state index in [0.717, 1.165) is 12.8 Å². The molecule has 0 spiro atoms. The number of rotatable bonds is 5. The molecule has 0 radical (unpaired) electrons. The molecule has 0 bridgehead atoms. The van der Waals surface area contributed by atoms with Gasteiger partial charge in [0.05, 0.1) is 0 Å². The smallest absolute Gasteiger partial charge is 0.269 e. The van der Waals surface area contributed by atoms with Crippen molar-refractivity contribution >= 4 is 20.5 Å². The van der Waals surface area contributed by atoms with Gasteiger partial charge in [-0.1, -0.05) is 13.3 Å². The van der Waals surface area contributed by atoms with E-state index in [0.29, 0.717) is 0 Å². The lowest BCUT2D eigenvalue weighted by Gasteiger charge is -2.10. The van der Waals surface area contributed by atoms with Crippen molar-refractivity contribution in [1.29, 1.82) is 0 Å². The maximum Gasteiger partial charge on any atom is 0.269 e. The van der Waals surface area contributed by atoms with Crippen LogP contribution in [0.1, 0.15) is 25.8 Å². The molecule has 112 valence electrons. The van der Waals surface area contributed by atoms with Crippen LogP contribution < -0.4 is 4.57 Å². The molecule has 1 aromatic rings. The molecule has 1 heterocycles. The zero-order valence-corrected chi connectivity index (χ0v) is 11.8. The molecule has 1 rings (SSSR count). The first kappa shape index (κ1) is 18.0. The van der Waals surface area contributed by atoms with Gasteiger partial charge in [-0.05, 0) is 6.42 Å². The van der Waals surface area contributed by atoms with Crippen molar-refractivity contribution in [2.45, 2.75) is 25.8 Å². The Morgan fingerprint density at radius 1 is 1.32 bits per heavy atom. The molecule has 9 nitrogen and oxygen atoms in total. The Hall–Kier alpha value is -1.01. The fourth-order valence-electron chi connectivity index (χ4n) is 1.42. The standard InChI is InChI=1S/C8H14N2O3S.H2O4S/c1-2-3-8(6-14(11,12)13)10-5-4-9-7-10;1-5(2,3)4/h4-5,7-8H,2-3,6H2,1H3,(H,11,12,13);(H2,1,2,3,4). The summed E-state index contributed by atoms with van der Waals surface area (Å²) in [6, 6.07) is -0.193. The fraction of sp³-hybridized carbons (Fsp3) is 0.625. The summed E-state index contributed by atoms with van der Waals surface area (Å²) >= 11 is 0. The molecule has 0 saturated carbocycles. The van der Waals surface area contributed by atoms with Crippen LogP contribution in [0.2, 0.25) is 0 Å². The monoisotopic (exact) mass is 316 g/mol. The molecule has 0 aliphatic rings. The van der Waals surface area contributed by atoms with Gasteiger partial charge in [-0.2, -0.15) is 8.42 Å². The van der Waals surface area contributed by atoms with Gasteiger partial charge in [0, 0.05) is 0 Å². The Morgan fingerprint density at radius 2 is 1.84 bits per heavy atom. The number of hydrogen-bond acceptors (Lipinski definition) is 5. The second-order valence-electron chi connectivity index (χ2n) is 3.68. The Balaban J connectivity index is 0.000000555. The zero-order valence-electron chi connectivity index (χ0n) is 10.1. The molecule has 0 aliphatic carbocycles. The topological polar surface area (TPSA) is 151 Å². The summed E-state index contributed by atoms with van der Waals surface area (Å²) in [6.45, 7) is 1.98. The van der Waals surface area contributed by atoms with Crippen molar-refractivity contribution < 1.29 is 35.1 Å². The first-order valence-corrected chi connectivity index (χ1v) is 8.17. The minimum atomic E-state index is -4.92. The van der Waals surface area contributed by atoms with Crippen molar-refractivity contribution in [1.82, 2.24) is 4.98 Å². The fourth-order valence-corrected chi connectivity index (χ4v) is 2.25. The molecule has 1 atom stereocenters. The Labute approximate surface area is 111 Å². The molecule has 11 heteroatoms. The van der Waals surface area contributed by atoms with Crippen LogP contribution in [0.15, 0.2) is 18.7 Å². The summed E-state index contributed by atoms with van der Waals surface area (Å²) in [5.74, 6) is -0.233. The quantitative estimate of drug-likeness (QED) is 0.377. The highest BCUT2D eigenvalue weighted by Crippen LogP contribution is 2.08. The van der Waals surface area contributed by atoms with Crippen LogP contribution in [0.5, 0.6) is 0 Å². The molecule has 0 saturated heterocycles. The number of imidazole rings is 1. The summed E-state index contributed by atoms with van der Waals surface area (Å²) in [6.07, 6.45) is 6.75. The summed E-state index contributed by atoms with van der Waals surface area (Å²) in [7, 11) is -8.82. The lowest BCUT2D eigenvalue weighted by atomic mass is 10.2. The highest BCUT2D eigenvalue weighted by atomic mass is 32.3. The minimum absolute atomic E-state index is 0.193. The van der Waals surface area contributed by atoms with Crippen LogP contribution >= 0.6 is 0 Å². The third-order valence-electron chi connectivity index (χ3n) is 2.01. The lowest BCUT2D eigenvalue weighted by Crippen LogP contribution is -2.41. The minimum Gasteiger partial charge on any atom is -0.726 e. The summed E-state index contributed by atoms with van der Waals surface area (Å²) in [4.78, 5) is 2.84. The Bertz CT molecular complexity index is 542. The number of H-pyrrole nitrogens is 1. The normalized spacial score (nSPS) is 13.5. The highest BCUT2D eigenvalue weighted by Gasteiger charge is 2.21. The zero-order chi connectivity index (χ0) is 15.1. The Morgan fingerprint density at radius 3 is 2.16 bits per heavy atom. The molecule has 1 aromatic heterocycles. The number of hydrogen-bond donors (Lipinski definition) is 3. The Kier molecular flexibility index (Phi) is 7.15. The van der Waals surface area contributed by atoms with E-state index in [9.17, 15) is 8.42 Å². The largest absolute Gasteiger partial charge is 0.726 e. The summed E-state index contributed by atoms with van der Waals surface area (Å²) in [5, 5.41) is 0. The molecule has 0 amide bonds. The van der Waals surface area contributed by atoms with Crippen molar-refractivity contribution in [2.75, 3.05) is 5.75 Å². The molecule has 3 N–H and O–H groups in total. The van der Waals surface area contributed by atoms with Gasteiger partial charge < -0.3 is 4.55 Å². The molecular weight excluding hydrogens is 300 g/mol. The number of nitrogens with one attached hydrogen (secondary N) is 1. The second kappa shape index (κ2) is 7.55. The van der Waals surface area contributed by atoms with Gasteiger partial charge >= 0.3 is 0 Å². The van der Waals surface area contributed by atoms with Crippen LogP contribution in [-0.4, -0.2) is 41.2 Å². The second-order valence-corrected chi connectivity index (χ2v) is 6.03. The van der Waals surface area contributed by atoms with E-state index in [-0.39, 0.29) is 11.8 Å². The predicted molar refractivity (Wildman–Crippen MR) is 63.7 cm³/mol. The van der Waals surface area contributed by atoms with Crippen LogP contribution in [0.4, 0.5) is 0 Å². The highest BCUT2D eigenvalue weighted by molar-refractivity contribution is 7.85. The van der Waals surface area contributed by atoms with E-state index in [1.165, 1.54) is 0 Å². The van der Waals surface area contributed by atoms with Crippen molar-refractivity contribution in [2.24, 2.45) is 0 Å². The van der Waals surface area contributed by atoms with Crippen molar-refractivity contribution in [3.63, 3.8) is 0 Å². The molecule has 0 aliphatic heterocycles. The van der Waals surface area contributed by atoms with Gasteiger partial charge in [0.25, 0.3) is 10.1 Å². The number of aromatic amines is 1. The van der Waals surface area contributed by atoms with Crippen LogP contribution in [0.3, 0.4) is 0 Å². The van der Waals surface area contributed by atoms with Gasteiger partial charge in [0.2, 0.25) is 16.7 Å². The summed E-state index contributed by atoms with van der Waals surface area (Å²) < 4.78 is 64.8.